The second-order valence-electron chi connectivity index (χ2n) is 4.36. The third-order valence-electron chi connectivity index (χ3n) is 3.30. The van der Waals surface area contributed by atoms with E-state index in [9.17, 15) is 9.59 Å². The monoisotopic (exact) mass is 232 g/mol. The Labute approximate surface area is 101 Å². The second-order valence-corrected chi connectivity index (χ2v) is 4.36. The first-order chi connectivity index (χ1) is 8.22. The lowest BCUT2D eigenvalue weighted by molar-refractivity contribution is -0.143. The number of ketones is 1. The normalized spacial score (nSPS) is 18.3. The van der Waals surface area contributed by atoms with Crippen molar-refractivity contribution < 1.29 is 14.3 Å². The molecular formula is C14H16O3. The quantitative estimate of drug-likeness (QED) is 0.593. The molecule has 0 aliphatic heterocycles. The molecule has 2 rings (SSSR count). The summed E-state index contributed by atoms with van der Waals surface area (Å²) < 4.78 is 4.54. The van der Waals surface area contributed by atoms with Crippen LogP contribution in [-0.2, 0) is 20.7 Å². The van der Waals surface area contributed by atoms with Crippen molar-refractivity contribution in [1.82, 2.24) is 0 Å². The van der Waals surface area contributed by atoms with Crippen molar-refractivity contribution in [3.05, 3.63) is 35.4 Å². The minimum absolute atomic E-state index is 0.0241. The van der Waals surface area contributed by atoms with Gasteiger partial charge in [0.1, 0.15) is 6.42 Å². The number of ether oxygens (including phenoxy) is 1. The Hall–Kier alpha value is -1.64. The van der Waals surface area contributed by atoms with Crippen molar-refractivity contribution in [2.75, 3.05) is 7.11 Å². The number of Topliss-reactive ketones (excluding diaryl/α,β-unsaturated/α-hetero) is 1. The lowest BCUT2D eigenvalue weighted by atomic mass is 9.80. The van der Waals surface area contributed by atoms with Gasteiger partial charge in [-0.3, -0.25) is 9.59 Å². The Kier molecular flexibility index (Phi) is 3.57. The Morgan fingerprint density at radius 3 is 2.88 bits per heavy atom. The molecule has 17 heavy (non-hydrogen) atoms. The van der Waals surface area contributed by atoms with Crippen LogP contribution in [0.15, 0.2) is 24.3 Å². The van der Waals surface area contributed by atoms with Crippen LogP contribution in [0.1, 0.15) is 36.3 Å². The van der Waals surface area contributed by atoms with E-state index in [4.69, 9.17) is 0 Å². The van der Waals surface area contributed by atoms with E-state index in [0.717, 1.165) is 24.8 Å². The van der Waals surface area contributed by atoms with E-state index in [1.807, 2.05) is 18.2 Å². The number of aryl methyl sites for hydroxylation is 1. The fraction of sp³-hybridized carbons (Fsp3) is 0.429. The van der Waals surface area contributed by atoms with Crippen LogP contribution in [0.25, 0.3) is 0 Å². The number of benzene rings is 1. The van der Waals surface area contributed by atoms with E-state index in [0.29, 0.717) is 0 Å². The maximum Gasteiger partial charge on any atom is 0.313 e. The van der Waals surface area contributed by atoms with Gasteiger partial charge in [-0.05, 0) is 30.4 Å². The largest absolute Gasteiger partial charge is 0.469 e. The number of methoxy groups -OCH3 is 1. The molecule has 0 saturated heterocycles. The van der Waals surface area contributed by atoms with Crippen LogP contribution in [0.3, 0.4) is 0 Å². The molecule has 3 nitrogen and oxygen atoms in total. The predicted molar refractivity (Wildman–Crippen MR) is 63.8 cm³/mol. The first-order valence-electron chi connectivity index (χ1n) is 5.89. The van der Waals surface area contributed by atoms with Crippen molar-refractivity contribution in [2.45, 2.75) is 31.6 Å². The molecule has 1 aromatic carbocycles. The van der Waals surface area contributed by atoms with E-state index in [-0.39, 0.29) is 18.1 Å². The molecule has 0 spiro atoms. The van der Waals surface area contributed by atoms with Crippen LogP contribution < -0.4 is 0 Å². The smallest absolute Gasteiger partial charge is 0.313 e. The number of carbonyl (C=O) groups excluding carboxylic acids is 2. The molecule has 90 valence electrons. The number of fused-ring (bicyclic) bond motifs is 1. The molecular weight excluding hydrogens is 216 g/mol. The van der Waals surface area contributed by atoms with Crippen molar-refractivity contribution in [3.8, 4) is 0 Å². The molecule has 0 radical (unpaired) electrons. The van der Waals surface area contributed by atoms with Crippen LogP contribution in [0.5, 0.6) is 0 Å². The molecule has 1 aliphatic carbocycles. The summed E-state index contributed by atoms with van der Waals surface area (Å²) >= 11 is 0. The molecule has 1 aliphatic rings. The van der Waals surface area contributed by atoms with Crippen LogP contribution in [0, 0.1) is 0 Å². The van der Waals surface area contributed by atoms with Gasteiger partial charge in [-0.2, -0.15) is 0 Å². The number of rotatable bonds is 3. The minimum Gasteiger partial charge on any atom is -0.469 e. The summed E-state index contributed by atoms with van der Waals surface area (Å²) in [6.07, 6.45) is 2.76. The highest BCUT2D eigenvalue weighted by atomic mass is 16.5. The molecule has 0 amide bonds. The van der Waals surface area contributed by atoms with Gasteiger partial charge in [0.05, 0.1) is 7.11 Å². The van der Waals surface area contributed by atoms with Gasteiger partial charge in [0, 0.05) is 5.92 Å². The van der Waals surface area contributed by atoms with Crippen LogP contribution in [0.2, 0.25) is 0 Å². The summed E-state index contributed by atoms with van der Waals surface area (Å²) in [5.74, 6) is -0.596. The van der Waals surface area contributed by atoms with Gasteiger partial charge >= 0.3 is 5.97 Å². The molecule has 0 aromatic heterocycles. The topological polar surface area (TPSA) is 43.4 Å². The van der Waals surface area contributed by atoms with Crippen LogP contribution in [-0.4, -0.2) is 18.9 Å². The first-order valence-corrected chi connectivity index (χ1v) is 5.89. The average Bonchev–Trinajstić information content (AvgIpc) is 2.37. The number of hydrogen-bond acceptors (Lipinski definition) is 3. The van der Waals surface area contributed by atoms with E-state index >= 15 is 0 Å². The molecule has 1 aromatic rings. The van der Waals surface area contributed by atoms with Crippen molar-refractivity contribution in [3.63, 3.8) is 0 Å². The summed E-state index contributed by atoms with van der Waals surface area (Å²) in [6, 6.07) is 8.00. The summed E-state index contributed by atoms with van der Waals surface area (Å²) in [6.45, 7) is 0. The van der Waals surface area contributed by atoms with E-state index in [2.05, 4.69) is 10.8 Å². The summed E-state index contributed by atoms with van der Waals surface area (Å²) in [5, 5.41) is 0. The second kappa shape index (κ2) is 5.13. The zero-order valence-corrected chi connectivity index (χ0v) is 9.94. The standard InChI is InChI=1S/C14H16O3/c1-17-14(16)9-13(15)12-8-4-6-10-5-2-3-7-11(10)12/h2-3,5,7,12H,4,6,8-9H2,1H3. The van der Waals surface area contributed by atoms with Gasteiger partial charge in [-0.1, -0.05) is 24.3 Å². The molecule has 0 heterocycles. The molecule has 0 saturated carbocycles. The fourth-order valence-electron chi connectivity index (χ4n) is 2.43. The lowest BCUT2D eigenvalue weighted by Gasteiger charge is -2.23. The predicted octanol–water partition coefficient (Wildman–Crippen LogP) is 2.24. The zero-order chi connectivity index (χ0) is 12.3. The molecule has 1 unspecified atom stereocenters. The molecule has 0 bridgehead atoms. The minimum atomic E-state index is -0.446. The van der Waals surface area contributed by atoms with Gasteiger partial charge in [0.15, 0.2) is 5.78 Å². The van der Waals surface area contributed by atoms with E-state index in [1.165, 1.54) is 12.7 Å². The summed E-state index contributed by atoms with van der Waals surface area (Å²) in [4.78, 5) is 23.2. The fourth-order valence-corrected chi connectivity index (χ4v) is 2.43. The zero-order valence-electron chi connectivity index (χ0n) is 9.94. The number of hydrogen-bond donors (Lipinski definition) is 0. The van der Waals surface area contributed by atoms with Crippen molar-refractivity contribution in [1.29, 1.82) is 0 Å². The highest BCUT2D eigenvalue weighted by Crippen LogP contribution is 2.32. The van der Waals surface area contributed by atoms with Gasteiger partial charge in [-0.25, -0.2) is 0 Å². The summed E-state index contributed by atoms with van der Waals surface area (Å²) in [7, 11) is 1.31. The van der Waals surface area contributed by atoms with Gasteiger partial charge in [0.25, 0.3) is 0 Å². The van der Waals surface area contributed by atoms with Crippen molar-refractivity contribution in [2.24, 2.45) is 0 Å². The Morgan fingerprint density at radius 2 is 2.12 bits per heavy atom. The lowest BCUT2D eigenvalue weighted by Crippen LogP contribution is -2.21. The SMILES string of the molecule is COC(=O)CC(=O)C1CCCc2ccccc21. The van der Waals surface area contributed by atoms with Crippen LogP contribution in [0.4, 0.5) is 0 Å². The maximum absolute atomic E-state index is 12.0. The third kappa shape index (κ3) is 2.54. The van der Waals surface area contributed by atoms with E-state index < -0.39 is 5.97 Å². The molecule has 0 N–H and O–H groups in total. The van der Waals surface area contributed by atoms with Crippen molar-refractivity contribution >= 4 is 11.8 Å². The molecule has 3 heteroatoms. The maximum atomic E-state index is 12.0. The number of carbonyl (C=O) groups is 2. The first kappa shape index (κ1) is 11.8. The highest BCUT2D eigenvalue weighted by Gasteiger charge is 2.27. The summed E-state index contributed by atoms with van der Waals surface area (Å²) in [5.41, 5.74) is 2.33. The van der Waals surface area contributed by atoms with Gasteiger partial charge in [0.2, 0.25) is 0 Å². The third-order valence-corrected chi connectivity index (χ3v) is 3.30. The van der Waals surface area contributed by atoms with E-state index in [1.54, 1.807) is 0 Å². The van der Waals surface area contributed by atoms with Gasteiger partial charge in [-0.15, -0.1) is 0 Å². The molecule has 0 fully saturated rings. The van der Waals surface area contributed by atoms with Crippen LogP contribution >= 0.6 is 0 Å². The Balaban J connectivity index is 2.18. The Morgan fingerprint density at radius 1 is 1.35 bits per heavy atom. The Bertz CT molecular complexity index is 437. The number of esters is 1. The molecule has 1 atom stereocenters. The van der Waals surface area contributed by atoms with Gasteiger partial charge < -0.3 is 4.74 Å². The highest BCUT2D eigenvalue weighted by molar-refractivity contribution is 5.99. The average molecular weight is 232 g/mol.